The number of imide groups is 1. The number of benzene rings is 2. The summed E-state index contributed by atoms with van der Waals surface area (Å²) in [7, 11) is 1.59. The zero-order chi connectivity index (χ0) is 24.5. The molecular formula is C26H28BrNO5S. The van der Waals surface area contributed by atoms with Gasteiger partial charge in [-0.3, -0.25) is 14.5 Å². The van der Waals surface area contributed by atoms with Crippen molar-refractivity contribution < 1.29 is 23.8 Å². The van der Waals surface area contributed by atoms with Crippen LogP contribution in [0.1, 0.15) is 30.0 Å². The highest BCUT2D eigenvalue weighted by Gasteiger charge is 2.34. The molecule has 0 N–H and O–H groups in total. The molecule has 1 fully saturated rings. The highest BCUT2D eigenvalue weighted by molar-refractivity contribution is 9.10. The van der Waals surface area contributed by atoms with E-state index in [9.17, 15) is 9.59 Å². The monoisotopic (exact) mass is 545 g/mol. The van der Waals surface area contributed by atoms with Crippen LogP contribution in [0.15, 0.2) is 58.4 Å². The Morgan fingerprint density at radius 2 is 1.91 bits per heavy atom. The summed E-state index contributed by atoms with van der Waals surface area (Å²) in [5.41, 5.74) is 2.68. The van der Waals surface area contributed by atoms with Crippen molar-refractivity contribution in [3.05, 3.63) is 75.1 Å². The van der Waals surface area contributed by atoms with Crippen molar-refractivity contribution in [2.45, 2.75) is 26.4 Å². The molecule has 8 heteroatoms. The number of amides is 2. The second-order valence-corrected chi connectivity index (χ2v) is 9.44. The summed E-state index contributed by atoms with van der Waals surface area (Å²) >= 11 is 4.39. The molecule has 0 spiro atoms. The Bertz CT molecular complexity index is 1070. The Kier molecular flexibility index (Phi) is 9.80. The van der Waals surface area contributed by atoms with Crippen molar-refractivity contribution in [1.29, 1.82) is 0 Å². The van der Waals surface area contributed by atoms with E-state index in [0.717, 1.165) is 32.9 Å². The van der Waals surface area contributed by atoms with Crippen molar-refractivity contribution in [2.75, 3.05) is 26.9 Å². The van der Waals surface area contributed by atoms with Crippen LogP contribution in [0.5, 0.6) is 11.5 Å². The van der Waals surface area contributed by atoms with Gasteiger partial charge < -0.3 is 14.2 Å². The summed E-state index contributed by atoms with van der Waals surface area (Å²) in [5.74, 6) is 0.948. The van der Waals surface area contributed by atoms with E-state index in [1.165, 1.54) is 4.90 Å². The third-order valence-electron chi connectivity index (χ3n) is 5.02. The maximum absolute atomic E-state index is 12.8. The van der Waals surface area contributed by atoms with Crippen molar-refractivity contribution in [3.8, 4) is 11.5 Å². The molecule has 1 aliphatic rings. The molecule has 6 nitrogen and oxygen atoms in total. The van der Waals surface area contributed by atoms with Gasteiger partial charge in [0.1, 0.15) is 6.61 Å². The van der Waals surface area contributed by atoms with E-state index in [1.54, 1.807) is 19.3 Å². The maximum Gasteiger partial charge on any atom is 0.293 e. The number of rotatable bonds is 12. The number of nitrogens with zero attached hydrogens (tertiary/aromatic N) is 1. The fraction of sp³-hybridized carbons (Fsp3) is 0.308. The molecule has 3 rings (SSSR count). The fourth-order valence-corrected chi connectivity index (χ4v) is 4.58. The van der Waals surface area contributed by atoms with Gasteiger partial charge in [0.25, 0.3) is 11.1 Å². The zero-order valence-corrected chi connectivity index (χ0v) is 21.7. The predicted molar refractivity (Wildman–Crippen MR) is 139 cm³/mol. The smallest absolute Gasteiger partial charge is 0.293 e. The van der Waals surface area contributed by atoms with Crippen LogP contribution < -0.4 is 9.47 Å². The molecule has 2 amide bonds. The number of allylic oxidation sites excluding steroid dienone is 1. The van der Waals surface area contributed by atoms with Gasteiger partial charge in [0, 0.05) is 30.3 Å². The van der Waals surface area contributed by atoms with Gasteiger partial charge in [-0.2, -0.15) is 0 Å². The highest BCUT2D eigenvalue weighted by Crippen LogP contribution is 2.38. The average Bonchev–Trinajstić information content (AvgIpc) is 3.07. The molecule has 0 atom stereocenters. The zero-order valence-electron chi connectivity index (χ0n) is 19.3. The highest BCUT2D eigenvalue weighted by atomic mass is 79.9. The van der Waals surface area contributed by atoms with Crippen LogP contribution in [0, 0.1) is 0 Å². The van der Waals surface area contributed by atoms with Gasteiger partial charge in [0.05, 0.1) is 11.5 Å². The number of hydrogen-bond donors (Lipinski definition) is 0. The standard InChI is InChI=1S/C26H28BrNO5S/c1-4-7-20-14-19(16-23-25(29)28(26(30)34-23)12-6-13-31-3)15-22(32-5-2)24(20)33-17-18-8-10-21(27)11-9-18/h4,8-11,14-16H,1,5-7,12-13,17H2,2-3H3/b23-16+. The molecule has 0 saturated carbocycles. The van der Waals surface area contributed by atoms with Gasteiger partial charge in [-0.05, 0) is 73.0 Å². The molecule has 2 aromatic carbocycles. The van der Waals surface area contributed by atoms with E-state index in [-0.39, 0.29) is 11.1 Å². The molecule has 0 bridgehead atoms. The lowest BCUT2D eigenvalue weighted by molar-refractivity contribution is -0.122. The SMILES string of the molecule is C=CCc1cc(/C=C2/SC(=O)N(CCCOC)C2=O)cc(OCC)c1OCc1ccc(Br)cc1. The van der Waals surface area contributed by atoms with E-state index >= 15 is 0 Å². The van der Waals surface area contributed by atoms with E-state index < -0.39 is 0 Å². The third kappa shape index (κ3) is 6.74. The van der Waals surface area contributed by atoms with Crippen LogP contribution in [-0.2, 0) is 22.6 Å². The van der Waals surface area contributed by atoms with Crippen molar-refractivity contribution >= 4 is 44.9 Å². The van der Waals surface area contributed by atoms with Crippen LogP contribution >= 0.6 is 27.7 Å². The number of halogens is 1. The van der Waals surface area contributed by atoms with Crippen LogP contribution in [0.3, 0.4) is 0 Å². The van der Waals surface area contributed by atoms with Crippen LogP contribution in [-0.4, -0.2) is 42.9 Å². The minimum atomic E-state index is -0.287. The lowest BCUT2D eigenvalue weighted by Crippen LogP contribution is -2.29. The van der Waals surface area contributed by atoms with Crippen LogP contribution in [0.25, 0.3) is 6.08 Å². The van der Waals surface area contributed by atoms with Crippen LogP contribution in [0.4, 0.5) is 4.79 Å². The molecule has 0 aliphatic carbocycles. The lowest BCUT2D eigenvalue weighted by Gasteiger charge is -2.17. The Morgan fingerprint density at radius 1 is 1.15 bits per heavy atom. The summed E-state index contributed by atoms with van der Waals surface area (Å²) in [6, 6.07) is 11.7. The molecule has 1 heterocycles. The van der Waals surface area contributed by atoms with E-state index in [0.29, 0.717) is 55.6 Å². The first-order valence-corrected chi connectivity index (χ1v) is 12.6. The van der Waals surface area contributed by atoms with E-state index in [1.807, 2.05) is 43.3 Å². The molecule has 34 heavy (non-hydrogen) atoms. The summed E-state index contributed by atoms with van der Waals surface area (Å²) in [5, 5.41) is -0.266. The predicted octanol–water partition coefficient (Wildman–Crippen LogP) is 6.23. The van der Waals surface area contributed by atoms with Crippen molar-refractivity contribution in [2.24, 2.45) is 0 Å². The minimum Gasteiger partial charge on any atom is -0.490 e. The second-order valence-electron chi connectivity index (χ2n) is 7.53. The fourth-order valence-electron chi connectivity index (χ4n) is 3.45. The van der Waals surface area contributed by atoms with Gasteiger partial charge in [0.2, 0.25) is 0 Å². The van der Waals surface area contributed by atoms with Gasteiger partial charge >= 0.3 is 0 Å². The number of carbonyl (C=O) groups is 2. The molecule has 2 aromatic rings. The average molecular weight is 546 g/mol. The first kappa shape index (κ1) is 26.1. The minimum absolute atomic E-state index is 0.266. The number of carbonyl (C=O) groups excluding carboxylic acids is 2. The summed E-state index contributed by atoms with van der Waals surface area (Å²) < 4.78 is 18.1. The molecule has 1 aliphatic heterocycles. The van der Waals surface area contributed by atoms with Crippen LogP contribution in [0.2, 0.25) is 0 Å². The molecule has 0 unspecified atom stereocenters. The largest absolute Gasteiger partial charge is 0.490 e. The Labute approximate surface area is 213 Å². The Hall–Kier alpha value is -2.55. The van der Waals surface area contributed by atoms with Crippen molar-refractivity contribution in [1.82, 2.24) is 4.90 Å². The quantitative estimate of drug-likeness (QED) is 0.179. The van der Waals surface area contributed by atoms with Crippen molar-refractivity contribution in [3.63, 3.8) is 0 Å². The first-order chi connectivity index (χ1) is 16.5. The molecule has 0 aromatic heterocycles. The molecular weight excluding hydrogens is 518 g/mol. The van der Waals surface area contributed by atoms with E-state index in [4.69, 9.17) is 14.2 Å². The maximum atomic E-state index is 12.8. The van der Waals surface area contributed by atoms with Gasteiger partial charge in [0.15, 0.2) is 11.5 Å². The number of hydrogen-bond acceptors (Lipinski definition) is 6. The Morgan fingerprint density at radius 3 is 2.59 bits per heavy atom. The second kappa shape index (κ2) is 12.8. The van der Waals surface area contributed by atoms with E-state index in [2.05, 4.69) is 22.5 Å². The van der Waals surface area contributed by atoms with Gasteiger partial charge in [-0.25, -0.2) is 0 Å². The summed E-state index contributed by atoms with van der Waals surface area (Å²) in [4.78, 5) is 26.8. The summed E-state index contributed by atoms with van der Waals surface area (Å²) in [6.07, 6.45) is 4.69. The Balaban J connectivity index is 1.88. The number of methoxy groups -OCH3 is 1. The first-order valence-electron chi connectivity index (χ1n) is 11.0. The van der Waals surface area contributed by atoms with Gasteiger partial charge in [-0.15, -0.1) is 6.58 Å². The topological polar surface area (TPSA) is 65.1 Å². The molecule has 1 saturated heterocycles. The molecule has 180 valence electrons. The number of ether oxygens (including phenoxy) is 3. The van der Waals surface area contributed by atoms with Gasteiger partial charge in [-0.1, -0.05) is 34.1 Å². The summed E-state index contributed by atoms with van der Waals surface area (Å²) in [6.45, 7) is 7.45. The third-order valence-corrected chi connectivity index (χ3v) is 6.45. The molecule has 0 radical (unpaired) electrons. The normalized spacial score (nSPS) is 14.7. The lowest BCUT2D eigenvalue weighted by atomic mass is 10.0. The number of thioether (sulfide) groups is 1.